The third-order valence-electron chi connectivity index (χ3n) is 4.26. The van der Waals surface area contributed by atoms with Gasteiger partial charge in [-0.25, -0.2) is 22.9 Å². The highest BCUT2D eigenvalue weighted by Crippen LogP contribution is 2.39. The molecule has 1 aromatic carbocycles. The van der Waals surface area contributed by atoms with E-state index in [9.17, 15) is 18.8 Å². The Hall–Kier alpha value is -2.53. The Morgan fingerprint density at radius 2 is 2.00 bits per heavy atom. The minimum Gasteiger partial charge on any atom is -0.462 e. The van der Waals surface area contributed by atoms with Gasteiger partial charge in [-0.2, -0.15) is 5.26 Å². The second-order valence-electron chi connectivity index (χ2n) is 5.86. The highest BCUT2D eigenvalue weighted by atomic mass is 32.2. The van der Waals surface area contributed by atoms with Gasteiger partial charge in [-0.15, -0.1) is 11.8 Å². The molecule has 4 nitrogen and oxygen atoms in total. The van der Waals surface area contributed by atoms with Crippen LogP contribution in [0.4, 0.5) is 13.2 Å². The van der Waals surface area contributed by atoms with Crippen LogP contribution in [0.3, 0.4) is 0 Å². The fourth-order valence-corrected chi connectivity index (χ4v) is 3.20. The number of carbonyl (C=O) groups excluding carboxylic acids is 1. The van der Waals surface area contributed by atoms with E-state index in [-0.39, 0.29) is 33.9 Å². The van der Waals surface area contributed by atoms with Crippen molar-refractivity contribution in [3.63, 3.8) is 0 Å². The number of thioether (sulfide) groups is 1. The first kappa shape index (κ1) is 20.8. The van der Waals surface area contributed by atoms with Crippen LogP contribution in [0.1, 0.15) is 40.9 Å². The highest BCUT2D eigenvalue weighted by molar-refractivity contribution is 7.98. The molecule has 27 heavy (non-hydrogen) atoms. The average Bonchev–Trinajstić information content (AvgIpc) is 2.65. The van der Waals surface area contributed by atoms with Gasteiger partial charge in [0.1, 0.15) is 22.1 Å². The summed E-state index contributed by atoms with van der Waals surface area (Å²) < 4.78 is 48.6. The number of nitrogens with zero attached hydrogens (tertiary/aromatic N) is 2. The molecule has 0 N–H and O–H groups in total. The quantitative estimate of drug-likeness (QED) is 0.551. The van der Waals surface area contributed by atoms with Crippen LogP contribution in [0.15, 0.2) is 23.4 Å². The maximum Gasteiger partial charge on any atom is 0.340 e. The lowest BCUT2D eigenvalue weighted by molar-refractivity contribution is 0.0522. The smallest absolute Gasteiger partial charge is 0.340 e. The molecule has 1 heterocycles. The first-order chi connectivity index (χ1) is 12.7. The van der Waals surface area contributed by atoms with Gasteiger partial charge < -0.3 is 4.74 Å². The van der Waals surface area contributed by atoms with E-state index in [0.717, 1.165) is 30.1 Å². The summed E-state index contributed by atoms with van der Waals surface area (Å²) in [5.74, 6) is -3.57. The van der Waals surface area contributed by atoms with Crippen molar-refractivity contribution in [2.24, 2.45) is 0 Å². The van der Waals surface area contributed by atoms with E-state index in [2.05, 4.69) is 4.98 Å². The van der Waals surface area contributed by atoms with Gasteiger partial charge in [-0.1, -0.05) is 6.07 Å². The standard InChI is InChI=1S/C19H17F3N2O2S/c1-5-26-18(25)11-8-24-17(27-4)16(22)14(11)19(3,9-23)12-6-7-13(20)10(2)15(12)21/h6-8H,5H2,1-4H3. The van der Waals surface area contributed by atoms with E-state index in [0.29, 0.717) is 0 Å². The van der Waals surface area contributed by atoms with Crippen molar-refractivity contribution < 1.29 is 22.7 Å². The van der Waals surface area contributed by atoms with Gasteiger partial charge >= 0.3 is 5.97 Å². The Morgan fingerprint density at radius 3 is 2.56 bits per heavy atom. The summed E-state index contributed by atoms with van der Waals surface area (Å²) in [5, 5.41) is 9.79. The number of benzene rings is 1. The highest BCUT2D eigenvalue weighted by Gasteiger charge is 2.40. The van der Waals surface area contributed by atoms with Crippen LogP contribution >= 0.6 is 11.8 Å². The number of hydrogen-bond donors (Lipinski definition) is 0. The van der Waals surface area contributed by atoms with Crippen molar-refractivity contribution >= 4 is 17.7 Å². The van der Waals surface area contributed by atoms with Crippen molar-refractivity contribution in [3.8, 4) is 6.07 Å². The Bertz CT molecular complexity index is 944. The Morgan fingerprint density at radius 1 is 1.33 bits per heavy atom. The van der Waals surface area contributed by atoms with Gasteiger partial charge in [0.15, 0.2) is 5.82 Å². The van der Waals surface area contributed by atoms with E-state index in [1.54, 1.807) is 13.2 Å². The lowest BCUT2D eigenvalue weighted by Gasteiger charge is -2.27. The molecule has 0 bridgehead atoms. The number of nitriles is 1. The second-order valence-corrected chi connectivity index (χ2v) is 6.66. The fraction of sp³-hybridized carbons (Fsp3) is 0.316. The number of hydrogen-bond acceptors (Lipinski definition) is 5. The third kappa shape index (κ3) is 3.52. The van der Waals surface area contributed by atoms with Crippen LogP contribution in [0.5, 0.6) is 0 Å². The largest absolute Gasteiger partial charge is 0.462 e. The summed E-state index contributed by atoms with van der Waals surface area (Å²) in [6.45, 7) is 4.09. The SMILES string of the molecule is CCOC(=O)c1cnc(SC)c(F)c1C(C)(C#N)c1ccc(F)c(C)c1F. The molecule has 2 rings (SSSR count). The summed E-state index contributed by atoms with van der Waals surface area (Å²) in [7, 11) is 0. The molecular formula is C19H17F3N2O2S. The number of rotatable bonds is 5. The lowest BCUT2D eigenvalue weighted by atomic mass is 9.75. The summed E-state index contributed by atoms with van der Waals surface area (Å²) in [5.41, 5.74) is -3.09. The normalized spacial score (nSPS) is 13.0. The first-order valence-electron chi connectivity index (χ1n) is 7.99. The number of halogens is 3. The molecule has 2 aromatic rings. The predicted molar refractivity (Wildman–Crippen MR) is 95.1 cm³/mol. The van der Waals surface area contributed by atoms with Gasteiger partial charge in [0.05, 0.1) is 18.2 Å². The molecule has 142 valence electrons. The first-order valence-corrected chi connectivity index (χ1v) is 9.21. The molecule has 0 aliphatic carbocycles. The fourth-order valence-electron chi connectivity index (χ4n) is 2.76. The summed E-state index contributed by atoms with van der Waals surface area (Å²) in [6, 6.07) is 3.96. The van der Waals surface area contributed by atoms with Crippen molar-refractivity contribution in [1.82, 2.24) is 4.98 Å². The van der Waals surface area contributed by atoms with E-state index in [4.69, 9.17) is 4.74 Å². The minimum absolute atomic E-state index is 0.0253. The number of esters is 1. The number of ether oxygens (including phenoxy) is 1. The maximum absolute atomic E-state index is 15.2. The van der Waals surface area contributed by atoms with Crippen molar-refractivity contribution in [2.75, 3.05) is 12.9 Å². The Balaban J connectivity index is 2.89. The van der Waals surface area contributed by atoms with Gasteiger partial charge in [-0.3, -0.25) is 0 Å². The molecule has 1 atom stereocenters. The van der Waals surface area contributed by atoms with E-state index < -0.39 is 28.8 Å². The molecule has 1 unspecified atom stereocenters. The van der Waals surface area contributed by atoms with Crippen LogP contribution in [-0.4, -0.2) is 23.8 Å². The number of carbonyl (C=O) groups is 1. The van der Waals surface area contributed by atoms with Crippen LogP contribution in [0.25, 0.3) is 0 Å². The molecule has 0 radical (unpaired) electrons. The topological polar surface area (TPSA) is 63.0 Å². The molecule has 0 saturated heterocycles. The van der Waals surface area contributed by atoms with Crippen molar-refractivity contribution in [1.29, 1.82) is 5.26 Å². The van der Waals surface area contributed by atoms with Crippen molar-refractivity contribution in [3.05, 3.63) is 58.0 Å². The lowest BCUT2D eigenvalue weighted by Crippen LogP contribution is -2.29. The zero-order valence-corrected chi connectivity index (χ0v) is 16.0. The molecule has 0 aliphatic heterocycles. The predicted octanol–water partition coefficient (Wildman–Crippen LogP) is 4.54. The minimum atomic E-state index is -1.91. The Labute approximate surface area is 159 Å². The van der Waals surface area contributed by atoms with Crippen LogP contribution in [0.2, 0.25) is 0 Å². The van der Waals surface area contributed by atoms with Gasteiger partial charge in [0, 0.05) is 22.9 Å². The maximum atomic E-state index is 15.2. The molecule has 0 fully saturated rings. The van der Waals surface area contributed by atoms with Crippen LogP contribution in [-0.2, 0) is 10.2 Å². The average molecular weight is 394 g/mol. The molecular weight excluding hydrogens is 377 g/mol. The third-order valence-corrected chi connectivity index (χ3v) is 4.93. The van der Waals surface area contributed by atoms with E-state index >= 15 is 4.39 Å². The van der Waals surface area contributed by atoms with Crippen molar-refractivity contribution in [2.45, 2.75) is 31.2 Å². The molecule has 0 saturated carbocycles. The van der Waals surface area contributed by atoms with E-state index in [1.165, 1.54) is 13.8 Å². The zero-order chi connectivity index (χ0) is 20.4. The van der Waals surface area contributed by atoms with Gasteiger partial charge in [0.2, 0.25) is 0 Å². The number of aromatic nitrogens is 1. The summed E-state index contributed by atoms with van der Waals surface area (Å²) in [4.78, 5) is 16.2. The summed E-state index contributed by atoms with van der Waals surface area (Å²) >= 11 is 0.974. The zero-order valence-electron chi connectivity index (χ0n) is 15.2. The molecule has 8 heteroatoms. The summed E-state index contributed by atoms with van der Waals surface area (Å²) in [6.07, 6.45) is 2.68. The monoisotopic (exact) mass is 394 g/mol. The number of pyridine rings is 1. The van der Waals surface area contributed by atoms with E-state index in [1.807, 2.05) is 6.07 Å². The molecule has 1 aromatic heterocycles. The Kier molecular flexibility index (Phi) is 6.16. The molecule has 0 amide bonds. The van der Waals surface area contributed by atoms with Crippen LogP contribution in [0, 0.1) is 35.7 Å². The van der Waals surface area contributed by atoms with Gasteiger partial charge in [-0.05, 0) is 33.1 Å². The molecule has 0 aliphatic rings. The van der Waals surface area contributed by atoms with Gasteiger partial charge in [0.25, 0.3) is 0 Å². The molecule has 0 spiro atoms. The second kappa shape index (κ2) is 8.01. The van der Waals surface area contributed by atoms with Crippen LogP contribution < -0.4 is 0 Å².